The zero-order chi connectivity index (χ0) is 13.9. The van der Waals surface area contributed by atoms with Gasteiger partial charge in [0.2, 0.25) is 0 Å². The molecule has 2 aromatic rings. The van der Waals surface area contributed by atoms with E-state index in [1.54, 1.807) is 12.1 Å². The lowest BCUT2D eigenvalue weighted by Gasteiger charge is -2.17. The number of fused-ring (bicyclic) bond motifs is 1. The van der Waals surface area contributed by atoms with Crippen molar-refractivity contribution in [2.24, 2.45) is 5.92 Å². The Morgan fingerprint density at radius 2 is 2.35 bits per heavy atom. The monoisotopic (exact) mass is 289 g/mol. The number of thiazole rings is 1. The van der Waals surface area contributed by atoms with Crippen LogP contribution in [-0.2, 0) is 0 Å². The van der Waals surface area contributed by atoms with Crippen LogP contribution in [0.3, 0.4) is 0 Å². The van der Waals surface area contributed by atoms with Gasteiger partial charge in [-0.3, -0.25) is 10.1 Å². The van der Waals surface area contributed by atoms with Crippen molar-refractivity contribution in [3.05, 3.63) is 40.5 Å². The highest BCUT2D eigenvalue weighted by Gasteiger charge is 2.12. The van der Waals surface area contributed by atoms with Gasteiger partial charge in [-0.25, -0.2) is 4.98 Å². The van der Waals surface area contributed by atoms with E-state index in [1.807, 2.05) is 0 Å². The van der Waals surface area contributed by atoms with Crippen molar-refractivity contribution in [3.63, 3.8) is 0 Å². The molecule has 1 aromatic heterocycles. The smallest absolute Gasteiger partial charge is 0.270 e. The van der Waals surface area contributed by atoms with Gasteiger partial charge in [0.15, 0.2) is 5.13 Å². The fourth-order valence-electron chi connectivity index (χ4n) is 2.38. The molecule has 0 radical (unpaired) electrons. The molecule has 0 fully saturated rings. The van der Waals surface area contributed by atoms with Crippen LogP contribution in [0.1, 0.15) is 19.3 Å². The van der Waals surface area contributed by atoms with Gasteiger partial charge in [0.1, 0.15) is 0 Å². The first-order valence-electron chi connectivity index (χ1n) is 6.66. The van der Waals surface area contributed by atoms with Crippen LogP contribution in [0, 0.1) is 16.0 Å². The number of nitrogens with zero attached hydrogens (tertiary/aromatic N) is 2. The van der Waals surface area contributed by atoms with Crippen LogP contribution < -0.4 is 5.32 Å². The van der Waals surface area contributed by atoms with Crippen molar-refractivity contribution in [2.45, 2.75) is 19.3 Å². The molecule has 1 atom stereocenters. The third-order valence-corrected chi connectivity index (χ3v) is 4.48. The number of aromatic nitrogens is 1. The number of hydrogen-bond acceptors (Lipinski definition) is 5. The number of rotatable bonds is 4. The van der Waals surface area contributed by atoms with Crippen molar-refractivity contribution in [1.82, 2.24) is 4.98 Å². The Hall–Kier alpha value is -1.95. The lowest BCUT2D eigenvalue weighted by atomic mass is 9.95. The highest BCUT2D eigenvalue weighted by atomic mass is 32.1. The normalized spacial score (nSPS) is 18.3. The molecular formula is C14H15N3O2S. The van der Waals surface area contributed by atoms with Gasteiger partial charge >= 0.3 is 0 Å². The Labute approximate surface area is 120 Å². The summed E-state index contributed by atoms with van der Waals surface area (Å²) in [7, 11) is 0. The van der Waals surface area contributed by atoms with Crippen LogP contribution in [0.15, 0.2) is 30.4 Å². The first-order chi connectivity index (χ1) is 9.72. The van der Waals surface area contributed by atoms with Crippen LogP contribution in [0.4, 0.5) is 10.8 Å². The van der Waals surface area contributed by atoms with Gasteiger partial charge in [-0.1, -0.05) is 23.5 Å². The zero-order valence-corrected chi connectivity index (χ0v) is 11.7. The zero-order valence-electron chi connectivity index (χ0n) is 10.9. The topological polar surface area (TPSA) is 68.1 Å². The third-order valence-electron chi connectivity index (χ3n) is 3.50. The van der Waals surface area contributed by atoms with Crippen molar-refractivity contribution in [1.29, 1.82) is 0 Å². The van der Waals surface area contributed by atoms with Crippen LogP contribution in [-0.4, -0.2) is 16.5 Å². The van der Waals surface area contributed by atoms with Crippen molar-refractivity contribution in [2.75, 3.05) is 11.9 Å². The summed E-state index contributed by atoms with van der Waals surface area (Å²) in [4.78, 5) is 14.8. The average Bonchev–Trinajstić information content (AvgIpc) is 2.88. The molecule has 0 bridgehead atoms. The van der Waals surface area contributed by atoms with Crippen molar-refractivity contribution < 1.29 is 4.92 Å². The molecule has 6 heteroatoms. The second-order valence-corrected chi connectivity index (χ2v) is 5.99. The van der Waals surface area contributed by atoms with Crippen molar-refractivity contribution in [3.8, 4) is 0 Å². The molecular weight excluding hydrogens is 274 g/mol. The van der Waals surface area contributed by atoms with E-state index in [4.69, 9.17) is 0 Å². The Bertz CT molecular complexity index is 665. The van der Waals surface area contributed by atoms with Crippen LogP contribution in [0.25, 0.3) is 10.2 Å². The number of anilines is 1. The Morgan fingerprint density at radius 3 is 3.10 bits per heavy atom. The summed E-state index contributed by atoms with van der Waals surface area (Å²) in [5, 5.41) is 15.0. The third kappa shape index (κ3) is 2.80. The Kier molecular flexibility index (Phi) is 3.64. The number of benzene rings is 1. The maximum atomic E-state index is 10.8. The van der Waals surface area contributed by atoms with Gasteiger partial charge in [-0.15, -0.1) is 0 Å². The van der Waals surface area contributed by atoms with Crippen LogP contribution >= 0.6 is 11.3 Å². The molecule has 0 spiro atoms. The predicted molar refractivity (Wildman–Crippen MR) is 81.2 cm³/mol. The van der Waals surface area contributed by atoms with Gasteiger partial charge in [0.05, 0.1) is 15.1 Å². The fraction of sp³-hybridized carbons (Fsp3) is 0.357. The van der Waals surface area contributed by atoms with E-state index in [0.29, 0.717) is 5.92 Å². The summed E-state index contributed by atoms with van der Waals surface area (Å²) >= 11 is 1.47. The van der Waals surface area contributed by atoms with Crippen LogP contribution in [0.2, 0.25) is 0 Å². The van der Waals surface area contributed by atoms with Gasteiger partial charge in [-0.05, 0) is 31.2 Å². The molecule has 104 valence electrons. The summed E-state index contributed by atoms with van der Waals surface area (Å²) < 4.78 is 0.852. The SMILES string of the molecule is O=[N+]([O-])c1ccc2nc(NCC3CC=CCC3)sc2c1. The fourth-order valence-corrected chi connectivity index (χ4v) is 3.28. The molecule has 0 aliphatic heterocycles. The molecule has 20 heavy (non-hydrogen) atoms. The second-order valence-electron chi connectivity index (χ2n) is 4.96. The number of nitro groups is 1. The highest BCUT2D eigenvalue weighted by molar-refractivity contribution is 7.22. The molecule has 1 unspecified atom stereocenters. The highest BCUT2D eigenvalue weighted by Crippen LogP contribution is 2.29. The van der Waals surface area contributed by atoms with E-state index in [9.17, 15) is 10.1 Å². The molecule has 5 nitrogen and oxygen atoms in total. The van der Waals surface area contributed by atoms with Gasteiger partial charge < -0.3 is 5.32 Å². The quantitative estimate of drug-likeness (QED) is 0.525. The first-order valence-corrected chi connectivity index (χ1v) is 7.48. The summed E-state index contributed by atoms with van der Waals surface area (Å²) in [6.45, 7) is 0.909. The molecule has 0 saturated heterocycles. The molecule has 1 aliphatic carbocycles. The van der Waals surface area contributed by atoms with E-state index in [-0.39, 0.29) is 10.6 Å². The maximum Gasteiger partial charge on any atom is 0.270 e. The summed E-state index contributed by atoms with van der Waals surface area (Å²) in [6.07, 6.45) is 7.94. The van der Waals surface area contributed by atoms with E-state index in [1.165, 1.54) is 23.8 Å². The summed E-state index contributed by atoms with van der Waals surface area (Å²) in [5.41, 5.74) is 0.928. The largest absolute Gasteiger partial charge is 0.361 e. The predicted octanol–water partition coefficient (Wildman–Crippen LogP) is 3.97. The summed E-state index contributed by atoms with van der Waals surface area (Å²) in [6, 6.07) is 4.79. The lowest BCUT2D eigenvalue weighted by molar-refractivity contribution is -0.384. The van der Waals surface area contributed by atoms with E-state index >= 15 is 0 Å². The molecule has 1 aromatic carbocycles. The Morgan fingerprint density at radius 1 is 1.45 bits per heavy atom. The number of nitro benzene ring substituents is 1. The number of hydrogen-bond donors (Lipinski definition) is 1. The molecule has 1 heterocycles. The van der Waals surface area contributed by atoms with E-state index in [2.05, 4.69) is 22.5 Å². The van der Waals surface area contributed by atoms with E-state index in [0.717, 1.165) is 34.7 Å². The molecule has 3 rings (SSSR count). The van der Waals surface area contributed by atoms with Crippen molar-refractivity contribution >= 4 is 32.4 Å². The number of allylic oxidation sites excluding steroid dienone is 2. The second kappa shape index (κ2) is 5.58. The minimum absolute atomic E-state index is 0.116. The van der Waals surface area contributed by atoms with E-state index < -0.39 is 0 Å². The van der Waals surface area contributed by atoms with Crippen LogP contribution in [0.5, 0.6) is 0 Å². The first kappa shape index (κ1) is 13.1. The molecule has 1 N–H and O–H groups in total. The minimum Gasteiger partial charge on any atom is -0.361 e. The molecule has 0 amide bonds. The van der Waals surface area contributed by atoms with Gasteiger partial charge in [0.25, 0.3) is 5.69 Å². The average molecular weight is 289 g/mol. The maximum absolute atomic E-state index is 10.8. The molecule has 0 saturated carbocycles. The molecule has 1 aliphatic rings. The van der Waals surface area contributed by atoms with Gasteiger partial charge in [0, 0.05) is 18.7 Å². The number of nitrogens with one attached hydrogen (secondary N) is 1. The standard InChI is InChI=1S/C14H15N3O2S/c18-17(19)11-6-7-12-13(8-11)20-14(16-12)15-9-10-4-2-1-3-5-10/h1-2,6-8,10H,3-5,9H2,(H,15,16). The minimum atomic E-state index is -0.374. The number of non-ortho nitro benzene ring substituents is 1. The van der Waals surface area contributed by atoms with Gasteiger partial charge in [-0.2, -0.15) is 0 Å². The Balaban J connectivity index is 1.72. The lowest BCUT2D eigenvalue weighted by Crippen LogP contribution is -2.15. The summed E-state index contributed by atoms with van der Waals surface area (Å²) in [5.74, 6) is 0.654.